The van der Waals surface area contributed by atoms with Crippen LogP contribution in [0, 0.1) is 6.57 Å². The number of rotatable bonds is 18. The molecule has 0 aliphatic carbocycles. The fraction of sp³-hybridized carbons (Fsp3) is 0.0588. The molecule has 0 aliphatic heterocycles. The highest BCUT2D eigenvalue weighted by atomic mass is 19.4. The summed E-state index contributed by atoms with van der Waals surface area (Å²) in [6, 6.07) is 81.7. The molecule has 0 atom stereocenters. The number of aromatic nitrogens is 5. The summed E-state index contributed by atoms with van der Waals surface area (Å²) in [7, 11) is 0. The molecule has 12 aromatic carbocycles. The number of para-hydroxylation sites is 1. The molecule has 15 aromatic rings. The smallest absolute Gasteiger partial charge is 0.416 e. The normalized spacial score (nSPS) is 11.4. The van der Waals surface area contributed by atoms with E-state index >= 15 is 13.2 Å². The molecule has 0 aliphatic rings. The fourth-order valence-electron chi connectivity index (χ4n) is 12.6. The number of halogens is 3. The second-order valence-corrected chi connectivity index (χ2v) is 24.1. The first-order chi connectivity index (χ1) is 49.8. The van der Waals surface area contributed by atoms with Crippen LogP contribution in [0.15, 0.2) is 285 Å². The van der Waals surface area contributed by atoms with Crippen LogP contribution in [0.5, 0.6) is 0 Å². The van der Waals surface area contributed by atoms with E-state index in [0.717, 1.165) is 34.4 Å². The number of fused-ring (bicyclic) bond motifs is 6. The Morgan fingerprint density at radius 3 is 1.11 bits per heavy atom. The zero-order valence-corrected chi connectivity index (χ0v) is 54.0. The maximum atomic E-state index is 15.6. The maximum absolute atomic E-state index is 15.6. The van der Waals surface area contributed by atoms with E-state index in [4.69, 9.17) is 40.5 Å². The monoisotopic (exact) mass is 1340 g/mol. The van der Waals surface area contributed by atoms with Gasteiger partial charge in [-0.3, -0.25) is 0 Å². The van der Waals surface area contributed by atoms with Crippen molar-refractivity contribution in [1.82, 2.24) is 24.1 Å². The topological polar surface area (TPSA) is 158 Å². The zero-order valence-electron chi connectivity index (χ0n) is 54.0. The van der Waals surface area contributed by atoms with Crippen molar-refractivity contribution >= 4 is 73.2 Å². The van der Waals surface area contributed by atoms with E-state index in [0.29, 0.717) is 77.2 Å². The van der Waals surface area contributed by atoms with Gasteiger partial charge < -0.3 is 28.1 Å². The third-order valence-electron chi connectivity index (χ3n) is 17.6. The highest BCUT2D eigenvalue weighted by Gasteiger charge is 2.33. The Morgan fingerprint density at radius 1 is 0.343 bits per heavy atom. The SMILES string of the molecule is [C-]#[N+]c1ccccc1-c1ccc(-n2c3ccc(C(=O)OCc4ccccc4)cc3c3cc(C(=O)OCc4ccccc4)ccc32)c(-c2nc(-c3ccccc3)nc(-c3ccc(C(F)(F)F)cc3-n3c4ccc(C(=O)OCc5ccccc5)cc4c4cc(C(=O)OCc5ccccc5)ccc43)n2)c1. The Morgan fingerprint density at radius 2 is 0.706 bits per heavy atom. The van der Waals surface area contributed by atoms with Crippen molar-refractivity contribution in [2.75, 3.05) is 0 Å². The van der Waals surface area contributed by atoms with Crippen molar-refractivity contribution in [1.29, 1.82) is 0 Å². The summed E-state index contributed by atoms with van der Waals surface area (Å²) in [4.78, 5) is 75.8. The minimum Gasteiger partial charge on any atom is -0.457 e. The van der Waals surface area contributed by atoms with Crippen LogP contribution < -0.4 is 0 Å². The molecule has 15 rings (SSSR count). The van der Waals surface area contributed by atoms with E-state index in [1.54, 1.807) is 102 Å². The van der Waals surface area contributed by atoms with Crippen molar-refractivity contribution in [2.24, 2.45) is 0 Å². The van der Waals surface area contributed by atoms with Crippen LogP contribution >= 0.6 is 0 Å². The summed E-state index contributed by atoms with van der Waals surface area (Å²) in [6.07, 6.45) is -4.87. The van der Waals surface area contributed by atoms with Crippen LogP contribution in [0.4, 0.5) is 18.9 Å². The molecular weight excluding hydrogens is 1290 g/mol. The summed E-state index contributed by atoms with van der Waals surface area (Å²) in [5.41, 5.74) is 7.62. The van der Waals surface area contributed by atoms with Gasteiger partial charge >= 0.3 is 30.1 Å². The number of alkyl halides is 3. The molecule has 0 saturated carbocycles. The number of nitrogens with zero attached hydrogens (tertiary/aromatic N) is 6. The minimum absolute atomic E-state index is 0.0121. The Balaban J connectivity index is 0.943. The molecule has 494 valence electrons. The molecule has 0 saturated heterocycles. The highest BCUT2D eigenvalue weighted by Crippen LogP contribution is 2.44. The Kier molecular flexibility index (Phi) is 17.5. The standard InChI is InChI=1S/C85H55F3N6O8/c1-89-71-30-18-17-29-64(71)58-31-38-76(93-72-39-32-59(81(95)99-49-53-19-7-2-8-20-53)44-66(72)67-45-60(33-40-73(67)93)82(96)100-50-54-21-9-3-10-22-54)70(43-58)80-91-78(57-27-15-6-16-28-57)90-79(92-80)65-37-36-63(85(86,87)88)48-77(65)94-74-41-34-61(83(97)101-51-55-23-11-4-12-24-55)46-68(74)69-47-62(35-42-75(69)94)84(98)102-52-56-25-13-5-14-26-56/h2-48H,49-52H2. The van der Waals surface area contributed by atoms with Gasteiger partial charge in [-0.25, -0.2) is 39.0 Å². The second-order valence-electron chi connectivity index (χ2n) is 24.1. The molecule has 0 N–H and O–H groups in total. The van der Waals surface area contributed by atoms with Gasteiger partial charge in [0.05, 0.1) is 67.8 Å². The van der Waals surface area contributed by atoms with E-state index in [2.05, 4.69) is 4.85 Å². The summed E-state index contributed by atoms with van der Waals surface area (Å²) >= 11 is 0. The lowest BCUT2D eigenvalue weighted by atomic mass is 9.99. The summed E-state index contributed by atoms with van der Waals surface area (Å²) in [6.45, 7) is 8.22. The number of esters is 4. The van der Waals surface area contributed by atoms with Crippen molar-refractivity contribution in [3.63, 3.8) is 0 Å². The second kappa shape index (κ2) is 27.7. The first-order valence-corrected chi connectivity index (χ1v) is 32.5. The van der Waals surface area contributed by atoms with Crippen molar-refractivity contribution < 1.29 is 51.3 Å². The molecule has 17 heteroatoms. The third kappa shape index (κ3) is 13.1. The highest BCUT2D eigenvalue weighted by molar-refractivity contribution is 6.15. The van der Waals surface area contributed by atoms with E-state index < -0.39 is 35.6 Å². The van der Waals surface area contributed by atoms with E-state index in [9.17, 15) is 19.2 Å². The van der Waals surface area contributed by atoms with Gasteiger partial charge in [0.25, 0.3) is 0 Å². The molecule has 0 spiro atoms. The molecule has 0 fully saturated rings. The summed E-state index contributed by atoms with van der Waals surface area (Å²) < 4.78 is 73.5. The largest absolute Gasteiger partial charge is 0.457 e. The van der Waals surface area contributed by atoms with E-state index in [1.807, 2.05) is 162 Å². The number of hydrogen-bond acceptors (Lipinski definition) is 11. The minimum atomic E-state index is -4.87. The Hall–Kier alpha value is -13.6. The van der Waals surface area contributed by atoms with Crippen molar-refractivity contribution in [3.05, 3.63) is 347 Å². The quantitative estimate of drug-likeness (QED) is 0.0457. The average Bonchev–Trinajstić information content (AvgIpc) is 1.55. The first kappa shape index (κ1) is 64.4. The molecule has 0 unspecified atom stereocenters. The zero-order chi connectivity index (χ0) is 69.8. The van der Waals surface area contributed by atoms with Crippen LogP contribution in [-0.4, -0.2) is 48.0 Å². The van der Waals surface area contributed by atoms with Crippen LogP contribution in [0.2, 0.25) is 0 Å². The van der Waals surface area contributed by atoms with Gasteiger partial charge in [-0.2, -0.15) is 13.2 Å². The molecular formula is C85H55F3N6O8. The molecule has 0 amide bonds. The van der Waals surface area contributed by atoms with Crippen LogP contribution in [0.3, 0.4) is 0 Å². The van der Waals surface area contributed by atoms with Gasteiger partial charge in [-0.05, 0) is 137 Å². The molecule has 0 bridgehead atoms. The molecule has 3 aromatic heterocycles. The molecule has 102 heavy (non-hydrogen) atoms. The predicted molar refractivity (Wildman–Crippen MR) is 384 cm³/mol. The maximum Gasteiger partial charge on any atom is 0.416 e. The van der Waals surface area contributed by atoms with Crippen LogP contribution in [0.1, 0.15) is 69.2 Å². The summed E-state index contributed by atoms with van der Waals surface area (Å²) in [5, 5.41) is 1.89. The predicted octanol–water partition coefficient (Wildman–Crippen LogP) is 19.7. The summed E-state index contributed by atoms with van der Waals surface area (Å²) in [5.74, 6) is -2.38. The number of hydrogen-bond donors (Lipinski definition) is 0. The Labute approximate surface area is 581 Å². The number of benzene rings is 12. The lowest BCUT2D eigenvalue weighted by molar-refractivity contribution is -0.137. The van der Waals surface area contributed by atoms with Gasteiger partial charge in [0.1, 0.15) is 26.4 Å². The van der Waals surface area contributed by atoms with Crippen molar-refractivity contribution in [2.45, 2.75) is 32.6 Å². The lowest BCUT2D eigenvalue weighted by Crippen LogP contribution is -2.09. The molecule has 0 radical (unpaired) electrons. The van der Waals surface area contributed by atoms with Gasteiger partial charge in [-0.15, -0.1) is 0 Å². The molecule has 14 nitrogen and oxygen atoms in total. The number of ether oxygens (including phenoxy) is 4. The average molecular weight is 1350 g/mol. The van der Waals surface area contributed by atoms with Gasteiger partial charge in [-0.1, -0.05) is 182 Å². The van der Waals surface area contributed by atoms with Gasteiger partial charge in [0, 0.05) is 38.2 Å². The number of carbonyl (C=O) groups excluding carboxylic acids is 4. The van der Waals surface area contributed by atoms with E-state index in [1.165, 1.54) is 18.2 Å². The van der Waals surface area contributed by atoms with Crippen LogP contribution in [-0.2, 0) is 51.6 Å². The third-order valence-corrected chi connectivity index (χ3v) is 17.6. The van der Waals surface area contributed by atoms with Crippen LogP contribution in [0.25, 0.3) is 105 Å². The van der Waals surface area contributed by atoms with Crippen molar-refractivity contribution in [3.8, 4) is 56.7 Å². The molecule has 3 heterocycles. The number of carbonyl (C=O) groups is 4. The van der Waals surface area contributed by atoms with Gasteiger partial charge in [0.15, 0.2) is 23.2 Å². The first-order valence-electron chi connectivity index (χ1n) is 32.5. The van der Waals surface area contributed by atoms with Gasteiger partial charge in [0.2, 0.25) is 0 Å². The van der Waals surface area contributed by atoms with E-state index in [-0.39, 0.29) is 77.4 Å². The lowest BCUT2D eigenvalue weighted by Gasteiger charge is -2.19. The fourth-order valence-corrected chi connectivity index (χ4v) is 12.6. The Bertz CT molecular complexity index is 5580.